The van der Waals surface area contributed by atoms with E-state index in [4.69, 9.17) is 11.6 Å². The highest BCUT2D eigenvalue weighted by Gasteiger charge is 2.33. The number of rotatable bonds is 9. The third-order valence-electron chi connectivity index (χ3n) is 4.31. The molecule has 0 heterocycles. The molecule has 2 aromatic carbocycles. The van der Waals surface area contributed by atoms with Crippen LogP contribution in [-0.4, -0.2) is 44.8 Å². The number of amides is 2. The van der Waals surface area contributed by atoms with Crippen LogP contribution in [0, 0.1) is 0 Å². The third-order valence-corrected chi connectivity index (χ3v) is 6.01. The van der Waals surface area contributed by atoms with E-state index in [1.165, 1.54) is 36.4 Å². The van der Waals surface area contributed by atoms with Gasteiger partial charge in [-0.05, 0) is 37.3 Å². The number of benzene rings is 2. The SMILES string of the molecule is CCN(CC(=O)Nc1ccccc1C(F)(F)F)C(=O)CCNS(=O)(=O)c1cccc(Cl)c1. The highest BCUT2D eigenvalue weighted by Crippen LogP contribution is 2.34. The quantitative estimate of drug-likeness (QED) is 0.561. The van der Waals surface area contributed by atoms with Crippen LogP contribution in [0.4, 0.5) is 18.9 Å². The Hall–Kier alpha value is -2.63. The Bertz CT molecular complexity index is 1080. The second-order valence-corrected chi connectivity index (χ2v) is 8.81. The van der Waals surface area contributed by atoms with E-state index in [2.05, 4.69) is 10.0 Å². The summed E-state index contributed by atoms with van der Waals surface area (Å²) in [5.74, 6) is -1.35. The van der Waals surface area contributed by atoms with Gasteiger partial charge in [0.25, 0.3) is 0 Å². The van der Waals surface area contributed by atoms with Gasteiger partial charge < -0.3 is 10.2 Å². The molecule has 0 radical (unpaired) electrons. The number of hydrogen-bond acceptors (Lipinski definition) is 4. The first-order valence-electron chi connectivity index (χ1n) is 9.43. The van der Waals surface area contributed by atoms with Crippen molar-refractivity contribution in [3.8, 4) is 0 Å². The summed E-state index contributed by atoms with van der Waals surface area (Å²) < 4.78 is 65.9. The first kappa shape index (κ1) is 25.6. The molecule has 32 heavy (non-hydrogen) atoms. The Kier molecular flexibility index (Phi) is 8.65. The van der Waals surface area contributed by atoms with Gasteiger partial charge in [0.15, 0.2) is 0 Å². The standard InChI is InChI=1S/C20H21ClF3N3O4S/c1-2-27(13-18(28)26-17-9-4-3-8-16(17)20(22,23)24)19(29)10-11-25-32(30,31)15-7-5-6-14(21)12-15/h3-9,12,25H,2,10-11,13H2,1H3,(H,26,28). The summed E-state index contributed by atoms with van der Waals surface area (Å²) in [6.07, 6.45) is -4.90. The molecule has 0 spiro atoms. The third kappa shape index (κ3) is 7.21. The van der Waals surface area contributed by atoms with Gasteiger partial charge in [0.05, 0.1) is 22.7 Å². The van der Waals surface area contributed by atoms with Crippen molar-refractivity contribution in [2.24, 2.45) is 0 Å². The van der Waals surface area contributed by atoms with Crippen LogP contribution in [0.5, 0.6) is 0 Å². The number of sulfonamides is 1. The Morgan fingerprint density at radius 3 is 2.41 bits per heavy atom. The normalized spacial score (nSPS) is 11.8. The number of nitrogens with zero attached hydrogens (tertiary/aromatic N) is 1. The van der Waals surface area contributed by atoms with Crippen LogP contribution >= 0.6 is 11.6 Å². The highest BCUT2D eigenvalue weighted by atomic mass is 35.5. The molecule has 0 unspecified atom stereocenters. The number of carbonyl (C=O) groups excluding carboxylic acids is 2. The molecule has 0 aliphatic carbocycles. The molecule has 7 nitrogen and oxygen atoms in total. The van der Waals surface area contributed by atoms with Gasteiger partial charge in [-0.3, -0.25) is 9.59 Å². The van der Waals surface area contributed by atoms with Crippen LogP contribution in [0.3, 0.4) is 0 Å². The van der Waals surface area contributed by atoms with E-state index < -0.39 is 45.8 Å². The van der Waals surface area contributed by atoms with Gasteiger partial charge >= 0.3 is 6.18 Å². The lowest BCUT2D eigenvalue weighted by molar-refractivity contribution is -0.137. The van der Waals surface area contributed by atoms with Gasteiger partial charge in [-0.2, -0.15) is 13.2 Å². The van der Waals surface area contributed by atoms with Gasteiger partial charge in [-0.15, -0.1) is 0 Å². The van der Waals surface area contributed by atoms with E-state index in [-0.39, 0.29) is 29.4 Å². The molecule has 0 saturated heterocycles. The monoisotopic (exact) mass is 491 g/mol. The molecule has 0 fully saturated rings. The Morgan fingerprint density at radius 1 is 1.09 bits per heavy atom. The number of hydrogen-bond donors (Lipinski definition) is 2. The molecule has 2 amide bonds. The molecule has 2 N–H and O–H groups in total. The fourth-order valence-electron chi connectivity index (χ4n) is 2.75. The van der Waals surface area contributed by atoms with Crippen LogP contribution < -0.4 is 10.0 Å². The largest absolute Gasteiger partial charge is 0.418 e. The van der Waals surface area contributed by atoms with Crippen LogP contribution in [0.25, 0.3) is 0 Å². The highest BCUT2D eigenvalue weighted by molar-refractivity contribution is 7.89. The van der Waals surface area contributed by atoms with Gasteiger partial charge in [-0.1, -0.05) is 29.8 Å². The zero-order valence-electron chi connectivity index (χ0n) is 16.9. The zero-order valence-corrected chi connectivity index (χ0v) is 18.5. The van der Waals surface area contributed by atoms with Crippen molar-refractivity contribution in [1.29, 1.82) is 0 Å². The molecule has 0 aliphatic heterocycles. The average Bonchev–Trinajstić information content (AvgIpc) is 2.71. The predicted octanol–water partition coefficient (Wildman–Crippen LogP) is 3.51. The van der Waals surface area contributed by atoms with E-state index in [1.807, 2.05) is 0 Å². The van der Waals surface area contributed by atoms with Gasteiger partial charge in [0.2, 0.25) is 21.8 Å². The van der Waals surface area contributed by atoms with Crippen LogP contribution in [-0.2, 0) is 25.8 Å². The van der Waals surface area contributed by atoms with E-state index in [1.54, 1.807) is 6.92 Å². The minimum atomic E-state index is -4.65. The van der Waals surface area contributed by atoms with Crippen LogP contribution in [0.1, 0.15) is 18.9 Å². The number of likely N-dealkylation sites (N-methyl/N-ethyl adjacent to an activating group) is 1. The minimum Gasteiger partial charge on any atom is -0.334 e. The van der Waals surface area contributed by atoms with Crippen LogP contribution in [0.2, 0.25) is 5.02 Å². The first-order chi connectivity index (χ1) is 14.9. The number of carbonyl (C=O) groups is 2. The smallest absolute Gasteiger partial charge is 0.334 e. The topological polar surface area (TPSA) is 95.6 Å². The van der Waals surface area contributed by atoms with E-state index in [0.29, 0.717) is 0 Å². The molecule has 12 heteroatoms. The summed E-state index contributed by atoms with van der Waals surface area (Å²) in [5, 5.41) is 2.40. The summed E-state index contributed by atoms with van der Waals surface area (Å²) in [6, 6.07) is 10.1. The Balaban J connectivity index is 1.94. The average molecular weight is 492 g/mol. The van der Waals surface area contributed by atoms with E-state index in [9.17, 15) is 31.2 Å². The number of nitrogens with one attached hydrogen (secondary N) is 2. The summed E-state index contributed by atoms with van der Waals surface area (Å²) in [7, 11) is -3.88. The number of anilines is 1. The van der Waals surface area contributed by atoms with Crippen molar-refractivity contribution in [3.63, 3.8) is 0 Å². The lowest BCUT2D eigenvalue weighted by Gasteiger charge is -2.21. The van der Waals surface area contributed by atoms with Gasteiger partial charge in [0.1, 0.15) is 0 Å². The van der Waals surface area contributed by atoms with E-state index in [0.717, 1.165) is 17.0 Å². The number of alkyl halides is 3. The Labute approximate surface area is 188 Å². The summed E-state index contributed by atoms with van der Waals surface area (Å²) in [4.78, 5) is 25.6. The van der Waals surface area contributed by atoms with Crippen LogP contribution in [0.15, 0.2) is 53.4 Å². The van der Waals surface area contributed by atoms with Gasteiger partial charge in [-0.25, -0.2) is 13.1 Å². The molecular weight excluding hydrogens is 471 g/mol. The van der Waals surface area contributed by atoms with Crippen molar-refractivity contribution >= 4 is 39.1 Å². The molecule has 174 valence electrons. The predicted molar refractivity (Wildman–Crippen MR) is 114 cm³/mol. The molecule has 0 aromatic heterocycles. The van der Waals surface area contributed by atoms with Gasteiger partial charge in [0, 0.05) is 24.5 Å². The molecule has 0 saturated carbocycles. The lowest BCUT2D eigenvalue weighted by Crippen LogP contribution is -2.39. The number of halogens is 4. The second kappa shape index (κ2) is 10.8. The fourth-order valence-corrected chi connectivity index (χ4v) is 4.08. The summed E-state index contributed by atoms with van der Waals surface area (Å²) >= 11 is 5.78. The molecule has 0 atom stereocenters. The first-order valence-corrected chi connectivity index (χ1v) is 11.3. The second-order valence-electron chi connectivity index (χ2n) is 6.60. The maximum atomic E-state index is 13.1. The van der Waals surface area contributed by atoms with Crippen molar-refractivity contribution < 1.29 is 31.2 Å². The molecule has 0 bridgehead atoms. The minimum absolute atomic E-state index is 0.0625. The summed E-state index contributed by atoms with van der Waals surface area (Å²) in [5.41, 5.74) is -1.42. The molecule has 2 rings (SSSR count). The van der Waals surface area contributed by atoms with Crippen molar-refractivity contribution in [2.75, 3.05) is 25.0 Å². The molecular formula is C20H21ClF3N3O4S. The maximum Gasteiger partial charge on any atom is 0.418 e. The summed E-state index contributed by atoms with van der Waals surface area (Å²) in [6.45, 7) is 0.977. The molecule has 0 aliphatic rings. The van der Waals surface area contributed by atoms with Crippen molar-refractivity contribution in [2.45, 2.75) is 24.4 Å². The molecule has 2 aromatic rings. The maximum absolute atomic E-state index is 13.1. The van der Waals surface area contributed by atoms with Crippen molar-refractivity contribution in [1.82, 2.24) is 9.62 Å². The zero-order chi connectivity index (χ0) is 23.9. The van der Waals surface area contributed by atoms with Crippen molar-refractivity contribution in [3.05, 3.63) is 59.1 Å². The number of para-hydroxylation sites is 1. The lowest BCUT2D eigenvalue weighted by atomic mass is 10.1. The fraction of sp³-hybridized carbons (Fsp3) is 0.300. The van der Waals surface area contributed by atoms with E-state index >= 15 is 0 Å². The Morgan fingerprint density at radius 2 is 1.78 bits per heavy atom.